The Morgan fingerprint density at radius 1 is 0.814 bits per heavy atom. The Hall–Kier alpha value is -4.14. The third kappa shape index (κ3) is 7.83. The number of rotatable bonds is 11. The van der Waals surface area contributed by atoms with Crippen LogP contribution in [0.1, 0.15) is 27.8 Å². The van der Waals surface area contributed by atoms with Gasteiger partial charge >= 0.3 is 0 Å². The summed E-state index contributed by atoms with van der Waals surface area (Å²) in [6, 6.07) is 27.3. The summed E-state index contributed by atoms with van der Waals surface area (Å²) in [6.45, 7) is 5.28. The smallest absolute Gasteiger partial charge is 0.264 e. The van der Waals surface area contributed by atoms with Crippen LogP contribution in [0.25, 0.3) is 0 Å². The van der Waals surface area contributed by atoms with Crippen molar-refractivity contribution in [2.75, 3.05) is 17.9 Å². The van der Waals surface area contributed by atoms with Crippen molar-refractivity contribution in [3.8, 4) is 0 Å². The van der Waals surface area contributed by atoms with Crippen molar-refractivity contribution < 1.29 is 18.0 Å². The first-order chi connectivity index (χ1) is 20.5. The minimum atomic E-state index is -4.15. The van der Waals surface area contributed by atoms with E-state index in [0.717, 1.165) is 32.1 Å². The van der Waals surface area contributed by atoms with Gasteiger partial charge in [-0.3, -0.25) is 13.9 Å². The molecule has 0 fully saturated rings. The number of likely N-dealkylation sites (N-methyl/N-ethyl adjacent to an activating group) is 1. The standard InChI is InChI=1S/C34H36ClN3O4S/c1-24-10-18-31(19-11-24)43(41,42)38(30-17-12-25(2)26(3)20-30)23-33(39)37(22-28-13-15-29(35)16-14-28)32(34(40)36-4)21-27-8-6-5-7-9-27/h5-20,32H,21-23H2,1-4H3,(H,36,40)/t32-/m1/s1. The highest BCUT2D eigenvalue weighted by atomic mass is 35.5. The molecule has 4 aromatic rings. The molecule has 1 atom stereocenters. The summed E-state index contributed by atoms with van der Waals surface area (Å²) < 4.78 is 29.3. The Kier molecular flexibility index (Phi) is 10.3. The number of amides is 2. The predicted octanol–water partition coefficient (Wildman–Crippen LogP) is 5.85. The normalized spacial score (nSPS) is 11.9. The van der Waals surface area contributed by atoms with Gasteiger partial charge in [-0.25, -0.2) is 8.42 Å². The van der Waals surface area contributed by atoms with Crippen molar-refractivity contribution in [1.82, 2.24) is 10.2 Å². The summed E-state index contributed by atoms with van der Waals surface area (Å²) in [5.41, 5.74) is 4.77. The van der Waals surface area contributed by atoms with E-state index in [1.165, 1.54) is 24.1 Å². The monoisotopic (exact) mass is 617 g/mol. The number of aryl methyl sites for hydroxylation is 3. The van der Waals surface area contributed by atoms with Gasteiger partial charge < -0.3 is 10.2 Å². The van der Waals surface area contributed by atoms with Gasteiger partial charge in [0.1, 0.15) is 12.6 Å². The van der Waals surface area contributed by atoms with Gasteiger partial charge in [0.25, 0.3) is 10.0 Å². The lowest BCUT2D eigenvalue weighted by Gasteiger charge is -2.33. The quantitative estimate of drug-likeness (QED) is 0.229. The number of hydrogen-bond donors (Lipinski definition) is 1. The summed E-state index contributed by atoms with van der Waals surface area (Å²) in [5.74, 6) is -0.876. The fourth-order valence-electron chi connectivity index (χ4n) is 4.75. The Morgan fingerprint density at radius 3 is 2.07 bits per heavy atom. The van der Waals surface area contributed by atoms with Crippen LogP contribution in [0, 0.1) is 20.8 Å². The van der Waals surface area contributed by atoms with Crippen LogP contribution in [0.5, 0.6) is 0 Å². The minimum Gasteiger partial charge on any atom is -0.357 e. The molecule has 0 aromatic heterocycles. The minimum absolute atomic E-state index is 0.0699. The zero-order chi connectivity index (χ0) is 31.1. The molecule has 2 amide bonds. The Labute approximate surface area is 259 Å². The summed E-state index contributed by atoms with van der Waals surface area (Å²) in [5, 5.41) is 3.23. The molecule has 0 radical (unpaired) electrons. The van der Waals surface area contributed by atoms with Crippen molar-refractivity contribution in [1.29, 1.82) is 0 Å². The van der Waals surface area contributed by atoms with E-state index in [1.54, 1.807) is 48.5 Å². The lowest BCUT2D eigenvalue weighted by Crippen LogP contribution is -2.53. The van der Waals surface area contributed by atoms with Crippen LogP contribution < -0.4 is 9.62 Å². The van der Waals surface area contributed by atoms with E-state index in [2.05, 4.69) is 5.32 Å². The lowest BCUT2D eigenvalue weighted by molar-refractivity contribution is -0.139. The van der Waals surface area contributed by atoms with E-state index >= 15 is 0 Å². The molecule has 4 rings (SSSR count). The molecule has 4 aromatic carbocycles. The number of benzene rings is 4. The molecule has 0 saturated heterocycles. The molecular formula is C34H36ClN3O4S. The van der Waals surface area contributed by atoms with E-state index in [4.69, 9.17) is 11.6 Å². The van der Waals surface area contributed by atoms with Gasteiger partial charge in [-0.2, -0.15) is 0 Å². The van der Waals surface area contributed by atoms with Crippen molar-refractivity contribution in [2.45, 2.75) is 44.7 Å². The fraction of sp³-hybridized carbons (Fsp3) is 0.235. The molecule has 224 valence electrons. The van der Waals surface area contributed by atoms with Gasteiger partial charge in [0.05, 0.1) is 10.6 Å². The Balaban J connectivity index is 1.80. The van der Waals surface area contributed by atoms with E-state index in [1.807, 2.05) is 57.2 Å². The molecule has 0 spiro atoms. The third-order valence-electron chi connectivity index (χ3n) is 7.45. The Morgan fingerprint density at radius 2 is 1.47 bits per heavy atom. The van der Waals surface area contributed by atoms with Gasteiger partial charge in [0, 0.05) is 25.0 Å². The molecule has 1 N–H and O–H groups in total. The van der Waals surface area contributed by atoms with Crippen LogP contribution in [0.3, 0.4) is 0 Å². The first-order valence-electron chi connectivity index (χ1n) is 14.0. The molecule has 0 saturated carbocycles. The Bertz CT molecular complexity index is 1680. The number of anilines is 1. The molecule has 0 unspecified atom stereocenters. The summed E-state index contributed by atoms with van der Waals surface area (Å²) in [6.07, 6.45) is 0.244. The average Bonchev–Trinajstić information content (AvgIpc) is 3.00. The molecule has 0 aliphatic heterocycles. The maximum Gasteiger partial charge on any atom is 0.264 e. The molecule has 7 nitrogen and oxygen atoms in total. The van der Waals surface area contributed by atoms with Crippen molar-refractivity contribution in [3.05, 3.63) is 130 Å². The van der Waals surface area contributed by atoms with Gasteiger partial charge in [0.2, 0.25) is 11.8 Å². The second-order valence-corrected chi connectivity index (χ2v) is 12.9. The van der Waals surface area contributed by atoms with E-state index in [9.17, 15) is 18.0 Å². The number of nitrogens with one attached hydrogen (secondary N) is 1. The van der Waals surface area contributed by atoms with Gasteiger partial charge in [-0.15, -0.1) is 0 Å². The van der Waals surface area contributed by atoms with E-state index < -0.39 is 28.5 Å². The third-order valence-corrected chi connectivity index (χ3v) is 9.49. The average molecular weight is 618 g/mol. The van der Waals surface area contributed by atoms with Crippen molar-refractivity contribution in [2.24, 2.45) is 0 Å². The molecule has 0 heterocycles. The van der Waals surface area contributed by atoms with Gasteiger partial charge in [-0.05, 0) is 79.4 Å². The number of carbonyl (C=O) groups excluding carboxylic acids is 2. The van der Waals surface area contributed by atoms with Crippen LogP contribution in [0.2, 0.25) is 5.02 Å². The molecular weight excluding hydrogens is 582 g/mol. The second kappa shape index (κ2) is 13.9. The highest BCUT2D eigenvalue weighted by Crippen LogP contribution is 2.27. The SMILES string of the molecule is CNC(=O)[C@@H](Cc1ccccc1)N(Cc1ccc(Cl)cc1)C(=O)CN(c1ccc(C)c(C)c1)S(=O)(=O)c1ccc(C)cc1. The predicted molar refractivity (Wildman–Crippen MR) is 172 cm³/mol. The first-order valence-corrected chi connectivity index (χ1v) is 15.8. The number of hydrogen-bond acceptors (Lipinski definition) is 4. The first kappa shape index (κ1) is 31.8. The summed E-state index contributed by atoms with van der Waals surface area (Å²) >= 11 is 6.11. The zero-order valence-electron chi connectivity index (χ0n) is 24.7. The molecule has 0 bridgehead atoms. The highest BCUT2D eigenvalue weighted by molar-refractivity contribution is 7.92. The number of halogens is 1. The maximum absolute atomic E-state index is 14.3. The van der Waals surface area contributed by atoms with Gasteiger partial charge in [0.15, 0.2) is 0 Å². The molecule has 0 aliphatic carbocycles. The number of carbonyl (C=O) groups is 2. The number of sulfonamides is 1. The maximum atomic E-state index is 14.3. The molecule has 9 heteroatoms. The van der Waals surface area contributed by atoms with Crippen LogP contribution in [-0.4, -0.2) is 44.8 Å². The van der Waals surface area contributed by atoms with Crippen LogP contribution in [0.15, 0.2) is 102 Å². The van der Waals surface area contributed by atoms with Crippen molar-refractivity contribution >= 4 is 39.1 Å². The lowest BCUT2D eigenvalue weighted by atomic mass is 10.0. The number of nitrogens with zero attached hydrogens (tertiary/aromatic N) is 2. The topological polar surface area (TPSA) is 86.8 Å². The van der Waals surface area contributed by atoms with Crippen LogP contribution >= 0.6 is 11.6 Å². The van der Waals surface area contributed by atoms with E-state index in [0.29, 0.717) is 10.7 Å². The second-order valence-electron chi connectivity index (χ2n) is 10.6. The van der Waals surface area contributed by atoms with Crippen LogP contribution in [-0.2, 0) is 32.6 Å². The van der Waals surface area contributed by atoms with E-state index in [-0.39, 0.29) is 23.8 Å². The highest BCUT2D eigenvalue weighted by Gasteiger charge is 2.34. The van der Waals surface area contributed by atoms with Crippen molar-refractivity contribution in [3.63, 3.8) is 0 Å². The summed E-state index contributed by atoms with van der Waals surface area (Å²) in [4.78, 5) is 29.2. The van der Waals surface area contributed by atoms with Crippen LogP contribution in [0.4, 0.5) is 5.69 Å². The molecule has 0 aliphatic rings. The largest absolute Gasteiger partial charge is 0.357 e. The zero-order valence-corrected chi connectivity index (χ0v) is 26.3. The fourth-order valence-corrected chi connectivity index (χ4v) is 6.29. The van der Waals surface area contributed by atoms with Gasteiger partial charge in [-0.1, -0.05) is 77.8 Å². The molecule has 43 heavy (non-hydrogen) atoms. The summed E-state index contributed by atoms with van der Waals surface area (Å²) in [7, 11) is -2.63.